The number of unbranched alkanes of at least 4 members (excludes halogenated alkanes) is 1. The first-order chi connectivity index (χ1) is 11.6. The molecule has 0 bridgehead atoms. The van der Waals surface area contributed by atoms with Gasteiger partial charge in [0.25, 0.3) is 11.8 Å². The first-order valence-electron chi connectivity index (χ1n) is 7.88. The van der Waals surface area contributed by atoms with Gasteiger partial charge in [0, 0.05) is 0 Å². The zero-order chi connectivity index (χ0) is 17.1. The minimum atomic E-state index is -0.405. The van der Waals surface area contributed by atoms with Gasteiger partial charge in [0.05, 0.1) is 29.0 Å². The number of carbonyl (C=O) groups is 3. The molecule has 0 spiro atoms. The number of esters is 1. The maximum absolute atomic E-state index is 12.4. The van der Waals surface area contributed by atoms with Gasteiger partial charge in [-0.15, -0.1) is 0 Å². The minimum absolute atomic E-state index is 0.353. The summed E-state index contributed by atoms with van der Waals surface area (Å²) in [5.41, 5.74) is 1.62. The molecule has 0 atom stereocenters. The number of nitrogens with zero attached hydrogens (tertiary/aromatic N) is 1. The molecule has 2 aromatic carbocycles. The van der Waals surface area contributed by atoms with Gasteiger partial charge in [0.15, 0.2) is 0 Å². The lowest BCUT2D eigenvalue weighted by molar-refractivity contribution is 0.0499. The molecule has 2 aromatic rings. The number of ether oxygens (including phenoxy) is 1. The summed E-state index contributed by atoms with van der Waals surface area (Å²) in [6.07, 6.45) is 1.77. The predicted octanol–water partition coefficient (Wildman–Crippen LogP) is 3.44. The van der Waals surface area contributed by atoms with Crippen LogP contribution in [0, 0.1) is 0 Å². The molecule has 3 rings (SSSR count). The van der Waals surface area contributed by atoms with E-state index in [0.29, 0.717) is 29.0 Å². The molecule has 0 fully saturated rings. The van der Waals surface area contributed by atoms with Crippen LogP contribution in [0.5, 0.6) is 0 Å². The van der Waals surface area contributed by atoms with Crippen molar-refractivity contribution in [3.63, 3.8) is 0 Å². The van der Waals surface area contributed by atoms with Crippen LogP contribution in [-0.4, -0.2) is 24.4 Å². The zero-order valence-electron chi connectivity index (χ0n) is 13.3. The van der Waals surface area contributed by atoms with Crippen LogP contribution >= 0.6 is 0 Å². The Balaban J connectivity index is 1.79. The summed E-state index contributed by atoms with van der Waals surface area (Å²) >= 11 is 0. The molecule has 5 heteroatoms. The van der Waals surface area contributed by atoms with E-state index in [1.54, 1.807) is 48.5 Å². The van der Waals surface area contributed by atoms with Crippen molar-refractivity contribution in [3.05, 3.63) is 65.2 Å². The lowest BCUT2D eigenvalue weighted by atomic mass is 10.1. The fourth-order valence-corrected chi connectivity index (χ4v) is 2.56. The van der Waals surface area contributed by atoms with Gasteiger partial charge in [0.2, 0.25) is 0 Å². The summed E-state index contributed by atoms with van der Waals surface area (Å²) in [6, 6.07) is 13.0. The minimum Gasteiger partial charge on any atom is -0.462 e. The van der Waals surface area contributed by atoms with Crippen molar-refractivity contribution in [1.29, 1.82) is 0 Å². The predicted molar refractivity (Wildman–Crippen MR) is 89.2 cm³/mol. The molecule has 0 N–H and O–H groups in total. The fraction of sp³-hybridized carbons (Fsp3) is 0.211. The van der Waals surface area contributed by atoms with E-state index in [-0.39, 0.29) is 11.8 Å². The number of fused-ring (bicyclic) bond motifs is 1. The third kappa shape index (κ3) is 2.80. The second-order valence-corrected chi connectivity index (χ2v) is 5.53. The van der Waals surface area contributed by atoms with Gasteiger partial charge in [0.1, 0.15) is 0 Å². The van der Waals surface area contributed by atoms with Crippen LogP contribution < -0.4 is 4.90 Å². The Morgan fingerprint density at radius 3 is 2.08 bits per heavy atom. The summed E-state index contributed by atoms with van der Waals surface area (Å²) < 4.78 is 5.14. The van der Waals surface area contributed by atoms with Crippen molar-refractivity contribution in [3.8, 4) is 0 Å². The van der Waals surface area contributed by atoms with E-state index in [0.717, 1.165) is 17.7 Å². The first kappa shape index (κ1) is 15.9. The number of rotatable bonds is 5. The highest BCUT2D eigenvalue weighted by molar-refractivity contribution is 6.34. The smallest absolute Gasteiger partial charge is 0.338 e. The number of amides is 2. The molecule has 2 amide bonds. The van der Waals surface area contributed by atoms with E-state index in [4.69, 9.17) is 4.74 Å². The molecule has 1 heterocycles. The highest BCUT2D eigenvalue weighted by Gasteiger charge is 2.36. The average molecular weight is 323 g/mol. The van der Waals surface area contributed by atoms with Crippen LogP contribution in [0.4, 0.5) is 5.69 Å². The quantitative estimate of drug-likeness (QED) is 0.480. The molecule has 5 nitrogen and oxygen atoms in total. The second-order valence-electron chi connectivity index (χ2n) is 5.53. The van der Waals surface area contributed by atoms with Crippen molar-refractivity contribution in [2.75, 3.05) is 11.5 Å². The molecule has 0 unspecified atom stereocenters. The van der Waals surface area contributed by atoms with E-state index in [1.807, 2.05) is 6.92 Å². The highest BCUT2D eigenvalue weighted by Crippen LogP contribution is 2.28. The van der Waals surface area contributed by atoms with Crippen molar-refractivity contribution < 1.29 is 19.1 Å². The highest BCUT2D eigenvalue weighted by atomic mass is 16.5. The van der Waals surface area contributed by atoms with E-state index >= 15 is 0 Å². The van der Waals surface area contributed by atoms with E-state index < -0.39 is 5.97 Å². The van der Waals surface area contributed by atoms with Gasteiger partial charge in [-0.2, -0.15) is 0 Å². The Kier molecular flexibility index (Phi) is 4.42. The van der Waals surface area contributed by atoms with Crippen LogP contribution in [0.3, 0.4) is 0 Å². The molecule has 24 heavy (non-hydrogen) atoms. The lowest BCUT2D eigenvalue weighted by Gasteiger charge is -2.14. The van der Waals surface area contributed by atoms with Gasteiger partial charge in [-0.05, 0) is 42.8 Å². The molecule has 0 aliphatic carbocycles. The molecule has 1 aliphatic rings. The maximum atomic E-state index is 12.4. The molecule has 0 radical (unpaired) electrons. The van der Waals surface area contributed by atoms with E-state index in [9.17, 15) is 14.4 Å². The Labute approximate surface area is 139 Å². The summed E-state index contributed by atoms with van der Waals surface area (Å²) in [4.78, 5) is 37.8. The number of hydrogen-bond donors (Lipinski definition) is 0. The zero-order valence-corrected chi connectivity index (χ0v) is 13.3. The monoisotopic (exact) mass is 323 g/mol. The molecule has 122 valence electrons. The van der Waals surface area contributed by atoms with Crippen molar-refractivity contribution in [2.24, 2.45) is 0 Å². The van der Waals surface area contributed by atoms with Crippen LogP contribution in [0.15, 0.2) is 48.5 Å². The van der Waals surface area contributed by atoms with Crippen LogP contribution in [0.25, 0.3) is 0 Å². The van der Waals surface area contributed by atoms with Gasteiger partial charge < -0.3 is 4.74 Å². The number of anilines is 1. The third-order valence-corrected chi connectivity index (χ3v) is 3.89. The van der Waals surface area contributed by atoms with Crippen LogP contribution in [0.1, 0.15) is 50.8 Å². The van der Waals surface area contributed by atoms with Gasteiger partial charge in [-0.1, -0.05) is 25.5 Å². The summed E-state index contributed by atoms with van der Waals surface area (Å²) in [5.74, 6) is -1.11. The molecular formula is C19H17NO4. The average Bonchev–Trinajstić information content (AvgIpc) is 2.87. The molecule has 0 saturated carbocycles. The molecule has 0 saturated heterocycles. The Bertz CT molecular complexity index is 760. The Morgan fingerprint density at radius 2 is 1.54 bits per heavy atom. The maximum Gasteiger partial charge on any atom is 0.338 e. The standard InChI is InChI=1S/C19H17NO4/c1-2-3-12-24-19(23)13-8-10-14(11-9-13)20-17(21)15-6-4-5-7-16(15)18(20)22/h4-11H,2-3,12H2,1H3. The lowest BCUT2D eigenvalue weighted by Crippen LogP contribution is -2.29. The van der Waals surface area contributed by atoms with Crippen LogP contribution in [-0.2, 0) is 4.74 Å². The summed E-state index contributed by atoms with van der Waals surface area (Å²) in [6.45, 7) is 2.40. The van der Waals surface area contributed by atoms with Gasteiger partial charge in [-0.3, -0.25) is 9.59 Å². The van der Waals surface area contributed by atoms with Crippen molar-refractivity contribution >= 4 is 23.5 Å². The van der Waals surface area contributed by atoms with Gasteiger partial charge in [-0.25, -0.2) is 9.69 Å². The Morgan fingerprint density at radius 1 is 0.958 bits per heavy atom. The Hall–Kier alpha value is -2.95. The van der Waals surface area contributed by atoms with Crippen molar-refractivity contribution in [2.45, 2.75) is 19.8 Å². The largest absolute Gasteiger partial charge is 0.462 e. The fourth-order valence-electron chi connectivity index (χ4n) is 2.56. The van der Waals surface area contributed by atoms with E-state index in [2.05, 4.69) is 0 Å². The SMILES string of the molecule is CCCCOC(=O)c1ccc(N2C(=O)c3ccccc3C2=O)cc1. The number of imide groups is 1. The number of benzene rings is 2. The molecular weight excluding hydrogens is 306 g/mol. The number of hydrogen-bond acceptors (Lipinski definition) is 4. The number of carbonyl (C=O) groups excluding carboxylic acids is 3. The molecule has 0 aromatic heterocycles. The topological polar surface area (TPSA) is 63.7 Å². The van der Waals surface area contributed by atoms with Crippen LogP contribution in [0.2, 0.25) is 0 Å². The molecule has 1 aliphatic heterocycles. The normalized spacial score (nSPS) is 13.1. The second kappa shape index (κ2) is 6.66. The van der Waals surface area contributed by atoms with Crippen molar-refractivity contribution in [1.82, 2.24) is 0 Å². The first-order valence-corrected chi connectivity index (χ1v) is 7.88. The third-order valence-electron chi connectivity index (χ3n) is 3.89. The summed E-state index contributed by atoms with van der Waals surface area (Å²) in [5, 5.41) is 0. The van der Waals surface area contributed by atoms with E-state index in [1.165, 1.54) is 0 Å². The summed E-state index contributed by atoms with van der Waals surface area (Å²) in [7, 11) is 0. The van der Waals surface area contributed by atoms with Gasteiger partial charge >= 0.3 is 5.97 Å².